The average Bonchev–Trinajstić information content (AvgIpc) is 2.74. The predicted octanol–water partition coefficient (Wildman–Crippen LogP) is 4.89. The van der Waals surface area contributed by atoms with Crippen LogP contribution in [0.1, 0.15) is 5.69 Å². The molecule has 27 heavy (non-hydrogen) atoms. The minimum atomic E-state index is 0.547. The number of hydrogen-bond acceptors (Lipinski definition) is 5. The van der Waals surface area contributed by atoms with Gasteiger partial charge < -0.3 is 10.6 Å². The molecule has 0 fully saturated rings. The Kier molecular flexibility index (Phi) is 5.02. The van der Waals surface area contributed by atoms with Crippen LogP contribution < -0.4 is 10.6 Å². The van der Waals surface area contributed by atoms with E-state index in [1.807, 2.05) is 84.9 Å². The van der Waals surface area contributed by atoms with E-state index in [-0.39, 0.29) is 0 Å². The van der Waals surface area contributed by atoms with Crippen LogP contribution in [0.3, 0.4) is 0 Å². The van der Waals surface area contributed by atoms with E-state index in [2.05, 4.69) is 25.6 Å². The van der Waals surface area contributed by atoms with Gasteiger partial charge in [-0.05, 0) is 24.3 Å². The van der Waals surface area contributed by atoms with Crippen molar-refractivity contribution < 1.29 is 0 Å². The van der Waals surface area contributed by atoms with E-state index < -0.39 is 0 Å². The summed E-state index contributed by atoms with van der Waals surface area (Å²) < 4.78 is 0. The summed E-state index contributed by atoms with van der Waals surface area (Å²) in [6.45, 7) is 0.594. The van der Waals surface area contributed by atoms with E-state index in [1.165, 1.54) is 0 Å². The third kappa shape index (κ3) is 4.46. The number of rotatable bonds is 6. The Labute approximate surface area is 158 Å². The summed E-state index contributed by atoms with van der Waals surface area (Å²) >= 11 is 0. The number of aromatic nitrogens is 3. The van der Waals surface area contributed by atoms with E-state index in [4.69, 9.17) is 0 Å². The Morgan fingerprint density at radius 1 is 0.741 bits per heavy atom. The molecule has 4 aromatic rings. The van der Waals surface area contributed by atoms with Gasteiger partial charge in [0.25, 0.3) is 0 Å². The lowest BCUT2D eigenvalue weighted by atomic mass is 10.1. The lowest BCUT2D eigenvalue weighted by Gasteiger charge is -2.11. The fraction of sp³-hybridized carbons (Fsp3) is 0.0455. The van der Waals surface area contributed by atoms with Crippen molar-refractivity contribution in [3.8, 4) is 11.3 Å². The predicted molar refractivity (Wildman–Crippen MR) is 109 cm³/mol. The Morgan fingerprint density at radius 3 is 2.22 bits per heavy atom. The maximum atomic E-state index is 4.68. The van der Waals surface area contributed by atoms with Crippen LogP contribution in [0.25, 0.3) is 11.3 Å². The zero-order valence-corrected chi connectivity index (χ0v) is 14.7. The van der Waals surface area contributed by atoms with Gasteiger partial charge >= 0.3 is 0 Å². The maximum absolute atomic E-state index is 4.68. The van der Waals surface area contributed by atoms with Crippen molar-refractivity contribution in [2.24, 2.45) is 0 Å². The zero-order valence-electron chi connectivity index (χ0n) is 14.7. The molecule has 4 rings (SSSR count). The van der Waals surface area contributed by atoms with Crippen molar-refractivity contribution in [1.29, 1.82) is 0 Å². The van der Waals surface area contributed by atoms with Crippen LogP contribution in [-0.2, 0) is 6.54 Å². The number of nitrogens with one attached hydrogen (secondary N) is 2. The molecule has 2 heterocycles. The summed E-state index contributed by atoms with van der Waals surface area (Å²) in [6, 6.07) is 27.8. The van der Waals surface area contributed by atoms with E-state index in [9.17, 15) is 0 Å². The van der Waals surface area contributed by atoms with Crippen LogP contribution in [0.2, 0.25) is 0 Å². The molecule has 2 aromatic carbocycles. The van der Waals surface area contributed by atoms with Gasteiger partial charge in [0.1, 0.15) is 5.82 Å². The second kappa shape index (κ2) is 8.10. The van der Waals surface area contributed by atoms with E-state index in [0.29, 0.717) is 12.5 Å². The third-order valence-corrected chi connectivity index (χ3v) is 4.00. The number of pyridine rings is 1. The van der Waals surface area contributed by atoms with Crippen LogP contribution in [0, 0.1) is 0 Å². The molecule has 0 radical (unpaired) electrons. The molecule has 5 heteroatoms. The molecular weight excluding hydrogens is 334 g/mol. The number of para-hydroxylation sites is 1. The molecule has 2 N–H and O–H groups in total. The molecule has 132 valence electrons. The van der Waals surface area contributed by atoms with E-state index in [1.54, 1.807) is 6.20 Å². The van der Waals surface area contributed by atoms with Crippen molar-refractivity contribution >= 4 is 17.5 Å². The molecule has 0 amide bonds. The quantitative estimate of drug-likeness (QED) is 0.516. The van der Waals surface area contributed by atoms with E-state index >= 15 is 0 Å². The first-order valence-electron chi connectivity index (χ1n) is 8.77. The molecule has 5 nitrogen and oxygen atoms in total. The standard InChI is InChI=1S/C22H19N5/c1-3-9-17(10-4-1)20-15-21(24-16-19-13-7-8-14-23-19)27-22(26-20)25-18-11-5-2-6-12-18/h1-15H,16H2,(H2,24,25,26,27). The second-order valence-electron chi connectivity index (χ2n) is 5.99. The molecule has 0 spiro atoms. The highest BCUT2D eigenvalue weighted by Crippen LogP contribution is 2.23. The summed E-state index contributed by atoms with van der Waals surface area (Å²) in [4.78, 5) is 13.6. The largest absolute Gasteiger partial charge is 0.364 e. The number of benzene rings is 2. The topological polar surface area (TPSA) is 62.7 Å². The smallest absolute Gasteiger partial charge is 0.229 e. The number of hydrogen-bond donors (Lipinski definition) is 2. The van der Waals surface area contributed by atoms with Crippen molar-refractivity contribution in [3.63, 3.8) is 0 Å². The fourth-order valence-electron chi connectivity index (χ4n) is 2.68. The van der Waals surface area contributed by atoms with Crippen molar-refractivity contribution in [1.82, 2.24) is 15.0 Å². The van der Waals surface area contributed by atoms with Gasteiger partial charge in [0.05, 0.1) is 17.9 Å². The molecule has 0 saturated carbocycles. The first-order valence-corrected chi connectivity index (χ1v) is 8.77. The number of anilines is 3. The number of nitrogens with zero attached hydrogens (tertiary/aromatic N) is 3. The van der Waals surface area contributed by atoms with Crippen LogP contribution in [0.5, 0.6) is 0 Å². The van der Waals surface area contributed by atoms with Crippen molar-refractivity contribution in [2.75, 3.05) is 10.6 Å². The van der Waals surface area contributed by atoms with Crippen LogP contribution in [0.15, 0.2) is 91.1 Å². The molecular formula is C22H19N5. The molecule has 0 aliphatic carbocycles. The normalized spacial score (nSPS) is 10.4. The van der Waals surface area contributed by atoms with Crippen molar-refractivity contribution in [3.05, 3.63) is 96.8 Å². The monoisotopic (exact) mass is 353 g/mol. The molecule has 2 aromatic heterocycles. The lowest BCUT2D eigenvalue weighted by molar-refractivity contribution is 1.02. The molecule has 0 unspecified atom stereocenters. The van der Waals surface area contributed by atoms with E-state index in [0.717, 1.165) is 28.5 Å². The second-order valence-corrected chi connectivity index (χ2v) is 5.99. The van der Waals surface area contributed by atoms with Gasteiger partial charge in [0.2, 0.25) is 5.95 Å². The van der Waals surface area contributed by atoms with Gasteiger partial charge in [-0.1, -0.05) is 54.6 Å². The Balaban J connectivity index is 1.63. The van der Waals surface area contributed by atoms with Crippen LogP contribution in [-0.4, -0.2) is 15.0 Å². The van der Waals surface area contributed by atoms with Gasteiger partial charge in [-0.15, -0.1) is 0 Å². The highest BCUT2D eigenvalue weighted by molar-refractivity contribution is 5.66. The summed E-state index contributed by atoms with van der Waals surface area (Å²) in [5.74, 6) is 1.29. The fourth-order valence-corrected chi connectivity index (χ4v) is 2.68. The summed E-state index contributed by atoms with van der Waals surface area (Å²) in [6.07, 6.45) is 1.79. The molecule has 0 aliphatic rings. The maximum Gasteiger partial charge on any atom is 0.229 e. The molecule has 0 aliphatic heterocycles. The summed E-state index contributed by atoms with van der Waals surface area (Å²) in [5, 5.41) is 6.62. The van der Waals surface area contributed by atoms with Gasteiger partial charge in [0.15, 0.2) is 0 Å². The minimum absolute atomic E-state index is 0.547. The van der Waals surface area contributed by atoms with Crippen LogP contribution >= 0.6 is 0 Å². The average molecular weight is 353 g/mol. The Morgan fingerprint density at radius 2 is 1.48 bits per heavy atom. The zero-order chi connectivity index (χ0) is 18.3. The first kappa shape index (κ1) is 16.7. The van der Waals surface area contributed by atoms with Crippen LogP contribution in [0.4, 0.5) is 17.5 Å². The third-order valence-electron chi connectivity index (χ3n) is 4.00. The Bertz CT molecular complexity index is 989. The van der Waals surface area contributed by atoms with Gasteiger partial charge in [-0.25, -0.2) is 4.98 Å². The SMILES string of the molecule is c1ccc(Nc2nc(NCc3ccccn3)cc(-c3ccccc3)n2)cc1. The minimum Gasteiger partial charge on any atom is -0.364 e. The highest BCUT2D eigenvalue weighted by Gasteiger charge is 2.07. The molecule has 0 saturated heterocycles. The van der Waals surface area contributed by atoms with Crippen molar-refractivity contribution in [2.45, 2.75) is 6.54 Å². The van der Waals surface area contributed by atoms with Gasteiger partial charge in [-0.3, -0.25) is 4.98 Å². The lowest BCUT2D eigenvalue weighted by Crippen LogP contribution is -2.06. The summed E-state index contributed by atoms with van der Waals surface area (Å²) in [7, 11) is 0. The van der Waals surface area contributed by atoms with Gasteiger partial charge in [0, 0.05) is 23.5 Å². The molecule has 0 atom stereocenters. The molecule has 0 bridgehead atoms. The first-order chi connectivity index (χ1) is 13.4. The van der Waals surface area contributed by atoms with Gasteiger partial charge in [-0.2, -0.15) is 4.98 Å². The summed E-state index contributed by atoms with van der Waals surface area (Å²) in [5.41, 5.74) is 3.79. The highest BCUT2D eigenvalue weighted by atomic mass is 15.1. The Hall–Kier alpha value is -3.73.